The standard InChI is InChI=1S/C10H16N4O/c1-14-12-10(11-13-14)7-9(15)8-5-3-2-4-6-8/h8H,2-7H2,1H3. The number of rotatable bonds is 3. The van der Waals surface area contributed by atoms with Crippen LogP contribution in [-0.4, -0.2) is 26.0 Å². The van der Waals surface area contributed by atoms with Crippen molar-refractivity contribution < 1.29 is 4.79 Å². The van der Waals surface area contributed by atoms with E-state index >= 15 is 0 Å². The Morgan fingerprint density at radius 2 is 2.13 bits per heavy atom. The molecular formula is C10H16N4O. The summed E-state index contributed by atoms with van der Waals surface area (Å²) in [5.74, 6) is 1.07. The maximum atomic E-state index is 11.9. The molecule has 0 bridgehead atoms. The van der Waals surface area contributed by atoms with Crippen LogP contribution in [0, 0.1) is 5.92 Å². The zero-order valence-corrected chi connectivity index (χ0v) is 9.02. The van der Waals surface area contributed by atoms with E-state index in [0.717, 1.165) is 12.8 Å². The second-order valence-corrected chi connectivity index (χ2v) is 4.17. The van der Waals surface area contributed by atoms with Gasteiger partial charge in [0.15, 0.2) is 5.82 Å². The first kappa shape index (κ1) is 10.3. The minimum absolute atomic E-state index is 0.238. The normalized spacial score (nSPS) is 17.9. The second kappa shape index (κ2) is 4.51. The Labute approximate surface area is 88.9 Å². The third kappa shape index (κ3) is 2.61. The largest absolute Gasteiger partial charge is 0.299 e. The minimum atomic E-state index is 0.238. The number of hydrogen-bond acceptors (Lipinski definition) is 4. The summed E-state index contributed by atoms with van der Waals surface area (Å²) in [4.78, 5) is 13.3. The van der Waals surface area contributed by atoms with Gasteiger partial charge < -0.3 is 0 Å². The molecule has 1 aromatic rings. The topological polar surface area (TPSA) is 60.7 Å². The lowest BCUT2D eigenvalue weighted by Crippen LogP contribution is -2.20. The van der Waals surface area contributed by atoms with Crippen molar-refractivity contribution in [3.63, 3.8) is 0 Å². The Kier molecular flexibility index (Phi) is 3.08. The zero-order valence-electron chi connectivity index (χ0n) is 9.02. The molecule has 0 amide bonds. The van der Waals surface area contributed by atoms with Crippen LogP contribution in [-0.2, 0) is 18.3 Å². The lowest BCUT2D eigenvalue weighted by Gasteiger charge is -2.19. The van der Waals surface area contributed by atoms with E-state index in [4.69, 9.17) is 0 Å². The van der Waals surface area contributed by atoms with Crippen LogP contribution in [0.2, 0.25) is 0 Å². The lowest BCUT2D eigenvalue weighted by atomic mass is 9.85. The Bertz CT molecular complexity index is 341. The molecule has 5 nitrogen and oxygen atoms in total. The highest BCUT2D eigenvalue weighted by atomic mass is 16.1. The van der Waals surface area contributed by atoms with Gasteiger partial charge in [-0.25, -0.2) is 0 Å². The molecule has 82 valence electrons. The first-order chi connectivity index (χ1) is 7.25. The first-order valence-corrected chi connectivity index (χ1v) is 5.51. The van der Waals surface area contributed by atoms with Crippen molar-refractivity contribution in [2.24, 2.45) is 13.0 Å². The van der Waals surface area contributed by atoms with Gasteiger partial charge in [-0.2, -0.15) is 4.80 Å². The Morgan fingerprint density at radius 3 is 2.73 bits per heavy atom. The highest BCUT2D eigenvalue weighted by Crippen LogP contribution is 2.24. The molecule has 0 atom stereocenters. The van der Waals surface area contributed by atoms with Gasteiger partial charge >= 0.3 is 0 Å². The monoisotopic (exact) mass is 208 g/mol. The van der Waals surface area contributed by atoms with Gasteiger partial charge in [0, 0.05) is 5.92 Å². The number of Topliss-reactive ketones (excluding diaryl/α,β-unsaturated/α-hetero) is 1. The van der Waals surface area contributed by atoms with Crippen LogP contribution in [0.1, 0.15) is 37.9 Å². The third-order valence-corrected chi connectivity index (χ3v) is 2.94. The van der Waals surface area contributed by atoms with Crippen LogP contribution in [0.3, 0.4) is 0 Å². The summed E-state index contributed by atoms with van der Waals surface area (Å²) < 4.78 is 0. The van der Waals surface area contributed by atoms with Crippen molar-refractivity contribution in [3.8, 4) is 0 Å². The Morgan fingerprint density at radius 1 is 1.40 bits per heavy atom. The molecule has 0 saturated heterocycles. The molecule has 0 radical (unpaired) electrons. The molecule has 1 heterocycles. The van der Waals surface area contributed by atoms with E-state index in [0.29, 0.717) is 12.2 Å². The van der Waals surface area contributed by atoms with Gasteiger partial charge in [0.1, 0.15) is 5.78 Å². The number of aryl methyl sites for hydroxylation is 1. The van der Waals surface area contributed by atoms with Crippen LogP contribution in [0.25, 0.3) is 0 Å². The van der Waals surface area contributed by atoms with Gasteiger partial charge in [-0.15, -0.1) is 10.2 Å². The van der Waals surface area contributed by atoms with Crippen LogP contribution >= 0.6 is 0 Å². The predicted octanol–water partition coefficient (Wildman–Crippen LogP) is 0.902. The fourth-order valence-corrected chi connectivity index (χ4v) is 2.12. The summed E-state index contributed by atoms with van der Waals surface area (Å²) in [5, 5.41) is 11.6. The summed E-state index contributed by atoms with van der Waals surface area (Å²) in [7, 11) is 1.71. The molecule has 0 aliphatic heterocycles. The summed E-state index contributed by atoms with van der Waals surface area (Å²) in [5.41, 5.74) is 0. The van der Waals surface area contributed by atoms with Crippen molar-refractivity contribution in [1.82, 2.24) is 20.2 Å². The second-order valence-electron chi connectivity index (χ2n) is 4.17. The fraction of sp³-hybridized carbons (Fsp3) is 0.800. The average Bonchev–Trinajstić information content (AvgIpc) is 2.65. The zero-order chi connectivity index (χ0) is 10.7. The molecule has 5 heteroatoms. The highest BCUT2D eigenvalue weighted by Gasteiger charge is 2.22. The molecule has 2 rings (SSSR count). The molecule has 0 unspecified atom stereocenters. The van der Waals surface area contributed by atoms with Crippen LogP contribution in [0.15, 0.2) is 0 Å². The van der Waals surface area contributed by atoms with Gasteiger partial charge in [-0.1, -0.05) is 19.3 Å². The highest BCUT2D eigenvalue weighted by molar-refractivity contribution is 5.82. The van der Waals surface area contributed by atoms with Crippen molar-refractivity contribution in [2.75, 3.05) is 0 Å². The average molecular weight is 208 g/mol. The lowest BCUT2D eigenvalue weighted by molar-refractivity contribution is -0.123. The van der Waals surface area contributed by atoms with E-state index < -0.39 is 0 Å². The van der Waals surface area contributed by atoms with E-state index in [-0.39, 0.29) is 11.7 Å². The molecular weight excluding hydrogens is 192 g/mol. The SMILES string of the molecule is Cn1nnc(CC(=O)C2CCCCC2)n1. The van der Waals surface area contributed by atoms with Gasteiger partial charge in [-0.05, 0) is 18.1 Å². The van der Waals surface area contributed by atoms with Crippen LogP contribution in [0.4, 0.5) is 0 Å². The summed E-state index contributed by atoms with van der Waals surface area (Å²) in [6.07, 6.45) is 6.07. The van der Waals surface area contributed by atoms with E-state index in [2.05, 4.69) is 15.4 Å². The molecule has 1 fully saturated rings. The van der Waals surface area contributed by atoms with Crippen LogP contribution < -0.4 is 0 Å². The summed E-state index contributed by atoms with van der Waals surface area (Å²) in [6.45, 7) is 0. The minimum Gasteiger partial charge on any atom is -0.299 e. The van der Waals surface area contributed by atoms with Gasteiger partial charge in [0.05, 0.1) is 13.5 Å². The predicted molar refractivity (Wildman–Crippen MR) is 54.1 cm³/mol. The number of tetrazole rings is 1. The van der Waals surface area contributed by atoms with Crippen molar-refractivity contribution in [1.29, 1.82) is 0 Å². The van der Waals surface area contributed by atoms with E-state index in [1.165, 1.54) is 24.1 Å². The molecule has 0 spiro atoms. The number of hydrogen-bond donors (Lipinski definition) is 0. The summed E-state index contributed by atoms with van der Waals surface area (Å²) >= 11 is 0. The Hall–Kier alpha value is -1.26. The Balaban J connectivity index is 1.91. The molecule has 1 aromatic heterocycles. The maximum Gasteiger partial charge on any atom is 0.182 e. The third-order valence-electron chi connectivity index (χ3n) is 2.94. The smallest absolute Gasteiger partial charge is 0.182 e. The molecule has 1 aliphatic carbocycles. The van der Waals surface area contributed by atoms with Crippen molar-refractivity contribution in [2.45, 2.75) is 38.5 Å². The van der Waals surface area contributed by atoms with Gasteiger partial charge in [0.2, 0.25) is 0 Å². The van der Waals surface area contributed by atoms with E-state index in [9.17, 15) is 4.79 Å². The number of carbonyl (C=O) groups excluding carboxylic acids is 1. The number of aromatic nitrogens is 4. The molecule has 1 saturated carbocycles. The van der Waals surface area contributed by atoms with Gasteiger partial charge in [-0.3, -0.25) is 4.79 Å². The fourth-order valence-electron chi connectivity index (χ4n) is 2.12. The van der Waals surface area contributed by atoms with Gasteiger partial charge in [0.25, 0.3) is 0 Å². The number of ketones is 1. The quantitative estimate of drug-likeness (QED) is 0.740. The number of nitrogens with zero attached hydrogens (tertiary/aromatic N) is 4. The maximum absolute atomic E-state index is 11.9. The number of carbonyl (C=O) groups is 1. The van der Waals surface area contributed by atoms with E-state index in [1.807, 2.05) is 0 Å². The summed E-state index contributed by atoms with van der Waals surface area (Å²) in [6, 6.07) is 0. The van der Waals surface area contributed by atoms with Crippen LogP contribution in [0.5, 0.6) is 0 Å². The molecule has 0 aromatic carbocycles. The van der Waals surface area contributed by atoms with Crippen molar-refractivity contribution in [3.05, 3.63) is 5.82 Å². The molecule has 0 N–H and O–H groups in total. The van der Waals surface area contributed by atoms with E-state index in [1.54, 1.807) is 7.05 Å². The molecule has 15 heavy (non-hydrogen) atoms. The first-order valence-electron chi connectivity index (χ1n) is 5.51. The van der Waals surface area contributed by atoms with Crippen molar-refractivity contribution >= 4 is 5.78 Å². The molecule has 1 aliphatic rings.